The molecule has 1 aliphatic rings. The Bertz CT molecular complexity index is 1130. The molecular weight excluding hydrogens is 388 g/mol. The van der Waals surface area contributed by atoms with Crippen LogP contribution in [0.1, 0.15) is 22.8 Å². The lowest BCUT2D eigenvalue weighted by Crippen LogP contribution is -2.30. The molecule has 7 heteroatoms. The Kier molecular flexibility index (Phi) is 4.92. The van der Waals surface area contributed by atoms with E-state index in [9.17, 15) is 14.1 Å². The molecule has 0 saturated heterocycles. The van der Waals surface area contributed by atoms with Crippen molar-refractivity contribution in [3.63, 3.8) is 0 Å². The van der Waals surface area contributed by atoms with Crippen molar-refractivity contribution in [2.24, 2.45) is 4.40 Å². The van der Waals surface area contributed by atoms with Crippen molar-refractivity contribution in [3.05, 3.63) is 90.0 Å². The predicted octanol–water partition coefficient (Wildman–Crippen LogP) is 4.41. The number of amidine groups is 1. The number of carbonyl (C=O) groups excluding carboxylic acids is 2. The lowest BCUT2D eigenvalue weighted by atomic mass is 10.1. The number of ether oxygens (including phenoxy) is 1. The molecule has 0 aliphatic carbocycles. The molecule has 0 spiro atoms. The molecule has 1 heterocycles. The van der Waals surface area contributed by atoms with Gasteiger partial charge in [0, 0.05) is 32.8 Å². The Morgan fingerprint density at radius 1 is 0.931 bits per heavy atom. The van der Waals surface area contributed by atoms with Gasteiger partial charge in [-0.3, -0.25) is 9.59 Å². The highest BCUT2D eigenvalue weighted by Crippen LogP contribution is 2.64. The number of esters is 1. The molecule has 0 saturated carbocycles. The van der Waals surface area contributed by atoms with Gasteiger partial charge in [-0.1, -0.05) is 48.5 Å². The Hall–Kier alpha value is -3.42. The van der Waals surface area contributed by atoms with E-state index < -0.39 is 22.4 Å². The summed E-state index contributed by atoms with van der Waals surface area (Å²) in [4.78, 5) is 25.6. The Balaban J connectivity index is 1.72. The molecule has 3 aromatic carbocycles. The van der Waals surface area contributed by atoms with Gasteiger partial charge in [0.05, 0.1) is 5.56 Å². The average molecular weight is 406 g/mol. The summed E-state index contributed by atoms with van der Waals surface area (Å²) in [5, 5.41) is 2.77. The van der Waals surface area contributed by atoms with Crippen LogP contribution in [0, 0.1) is 0 Å². The van der Waals surface area contributed by atoms with Crippen molar-refractivity contribution in [1.29, 1.82) is 0 Å². The normalized spacial score (nSPS) is 19.4. The Morgan fingerprint density at radius 2 is 1.59 bits per heavy atom. The summed E-state index contributed by atoms with van der Waals surface area (Å²) in [7, 11) is -2.66. The number of para-hydroxylation sites is 1. The van der Waals surface area contributed by atoms with E-state index in [1.807, 2.05) is 48.5 Å². The molecule has 1 unspecified atom stereocenters. The first-order valence-electron chi connectivity index (χ1n) is 8.88. The van der Waals surface area contributed by atoms with Gasteiger partial charge in [-0.2, -0.15) is 4.40 Å². The maximum absolute atomic E-state index is 12.9. The molecule has 4 rings (SSSR count). The van der Waals surface area contributed by atoms with E-state index in [1.54, 1.807) is 30.3 Å². The average Bonchev–Trinajstić information content (AvgIpc) is 3.02. The number of hydrogen-bond donors (Lipinski definition) is 2. The van der Waals surface area contributed by atoms with Crippen LogP contribution in [0.15, 0.2) is 93.1 Å². The van der Waals surface area contributed by atoms with Crippen LogP contribution in [0.4, 0.5) is 0 Å². The fourth-order valence-corrected chi connectivity index (χ4v) is 5.24. The Labute approximate surface area is 169 Å². The summed E-state index contributed by atoms with van der Waals surface area (Å²) < 4.78 is 21.1. The number of nitrogens with zero attached hydrogens (tertiary/aromatic N) is 1. The van der Waals surface area contributed by atoms with E-state index in [0.29, 0.717) is 15.4 Å². The van der Waals surface area contributed by atoms with Crippen molar-refractivity contribution in [3.8, 4) is 5.75 Å². The maximum atomic E-state index is 12.9. The largest absolute Gasteiger partial charge is 0.426 e. The third-order valence-corrected chi connectivity index (χ3v) is 6.71. The third kappa shape index (κ3) is 3.53. The van der Waals surface area contributed by atoms with Gasteiger partial charge >= 0.3 is 5.97 Å². The number of hydrogen-bond acceptors (Lipinski definition) is 5. The number of fused-ring (bicyclic) bond motifs is 1. The first kappa shape index (κ1) is 18.9. The first-order chi connectivity index (χ1) is 14.0. The number of nitrogens with one attached hydrogen (secondary N) is 1. The standard InChI is InChI=1S/C22H18N2O4S/c1-15(25)28-19-13-7-5-11-17(19)22(26)23-21-18-12-6-8-14-20(18)29(27,24-21)16-9-3-2-4-10-16/h2-14,27H,1H3,(H,23,24,26). The molecule has 29 heavy (non-hydrogen) atoms. The topological polar surface area (TPSA) is 88.0 Å². The van der Waals surface area contributed by atoms with E-state index in [2.05, 4.69) is 9.71 Å². The molecular formula is C22H18N2O4S. The van der Waals surface area contributed by atoms with Crippen molar-refractivity contribution >= 4 is 28.2 Å². The lowest BCUT2D eigenvalue weighted by molar-refractivity contribution is -0.131. The van der Waals surface area contributed by atoms with E-state index in [-0.39, 0.29) is 17.1 Å². The number of carbonyl (C=O) groups is 2. The zero-order valence-electron chi connectivity index (χ0n) is 15.5. The third-order valence-electron chi connectivity index (χ3n) is 4.36. The van der Waals surface area contributed by atoms with Gasteiger partial charge in [0.25, 0.3) is 5.91 Å². The molecule has 1 atom stereocenters. The summed E-state index contributed by atoms with van der Waals surface area (Å²) in [6, 6.07) is 22.9. The summed E-state index contributed by atoms with van der Waals surface area (Å²) >= 11 is 0. The molecule has 1 amide bonds. The second-order valence-electron chi connectivity index (χ2n) is 6.34. The van der Waals surface area contributed by atoms with Crippen molar-refractivity contribution in [2.45, 2.75) is 16.7 Å². The molecule has 0 bridgehead atoms. The van der Waals surface area contributed by atoms with Gasteiger partial charge < -0.3 is 14.6 Å². The summed E-state index contributed by atoms with van der Waals surface area (Å²) in [5.41, 5.74) is 0.861. The SMILES string of the molecule is CC(=O)Oc1ccccc1C(=O)NC1=NS(O)(c2ccccc2)c2ccccc21. The van der Waals surface area contributed by atoms with Crippen LogP contribution in [0.5, 0.6) is 5.75 Å². The quantitative estimate of drug-likeness (QED) is 0.498. The first-order valence-corrected chi connectivity index (χ1v) is 10.4. The van der Waals surface area contributed by atoms with Crippen molar-refractivity contribution in [2.75, 3.05) is 0 Å². The van der Waals surface area contributed by atoms with Gasteiger partial charge in [0.1, 0.15) is 5.75 Å². The van der Waals surface area contributed by atoms with Crippen LogP contribution in [-0.4, -0.2) is 22.3 Å². The van der Waals surface area contributed by atoms with Crippen LogP contribution in [0.2, 0.25) is 0 Å². The molecule has 0 fully saturated rings. The second kappa shape index (κ2) is 7.54. The zero-order valence-corrected chi connectivity index (χ0v) is 16.3. The molecule has 0 radical (unpaired) electrons. The molecule has 3 aromatic rings. The van der Waals surface area contributed by atoms with E-state index in [1.165, 1.54) is 6.92 Å². The fraction of sp³-hybridized carbons (Fsp3) is 0.0455. The molecule has 6 nitrogen and oxygen atoms in total. The summed E-state index contributed by atoms with van der Waals surface area (Å²) in [6.45, 7) is 1.27. The molecule has 2 N–H and O–H groups in total. The molecule has 1 aliphatic heterocycles. The van der Waals surface area contributed by atoms with Crippen LogP contribution in [0.25, 0.3) is 0 Å². The smallest absolute Gasteiger partial charge is 0.308 e. The molecule has 0 aromatic heterocycles. The fourth-order valence-electron chi connectivity index (χ4n) is 3.09. The minimum absolute atomic E-state index is 0.162. The van der Waals surface area contributed by atoms with Gasteiger partial charge in [0.15, 0.2) is 5.84 Å². The Morgan fingerprint density at radius 3 is 2.34 bits per heavy atom. The van der Waals surface area contributed by atoms with Gasteiger partial charge in [0.2, 0.25) is 0 Å². The minimum Gasteiger partial charge on any atom is -0.426 e. The van der Waals surface area contributed by atoms with Gasteiger partial charge in [-0.15, -0.1) is 0 Å². The van der Waals surface area contributed by atoms with Crippen LogP contribution < -0.4 is 10.1 Å². The lowest BCUT2D eigenvalue weighted by Gasteiger charge is -2.26. The highest BCUT2D eigenvalue weighted by molar-refractivity contribution is 8.28. The van der Waals surface area contributed by atoms with Crippen molar-refractivity contribution < 1.29 is 18.9 Å². The monoisotopic (exact) mass is 406 g/mol. The zero-order chi connectivity index (χ0) is 20.4. The van der Waals surface area contributed by atoms with Crippen molar-refractivity contribution in [1.82, 2.24) is 5.32 Å². The second-order valence-corrected chi connectivity index (χ2v) is 8.53. The van der Waals surface area contributed by atoms with Crippen LogP contribution >= 0.6 is 10.5 Å². The van der Waals surface area contributed by atoms with Crippen LogP contribution in [0.3, 0.4) is 0 Å². The van der Waals surface area contributed by atoms with Crippen LogP contribution in [-0.2, 0) is 4.79 Å². The van der Waals surface area contributed by atoms with Gasteiger partial charge in [-0.25, -0.2) is 0 Å². The number of rotatable bonds is 3. The van der Waals surface area contributed by atoms with E-state index >= 15 is 0 Å². The minimum atomic E-state index is -2.66. The van der Waals surface area contributed by atoms with Gasteiger partial charge in [-0.05, 0) is 30.3 Å². The predicted molar refractivity (Wildman–Crippen MR) is 111 cm³/mol. The summed E-state index contributed by atoms with van der Waals surface area (Å²) in [5.74, 6) is -0.552. The van der Waals surface area contributed by atoms with E-state index in [0.717, 1.165) is 0 Å². The molecule has 146 valence electrons. The van der Waals surface area contributed by atoms with E-state index in [4.69, 9.17) is 4.74 Å². The highest BCUT2D eigenvalue weighted by Gasteiger charge is 2.36. The highest BCUT2D eigenvalue weighted by atomic mass is 32.3. The number of amides is 1. The summed E-state index contributed by atoms with van der Waals surface area (Å²) in [6.07, 6.45) is 0. The number of benzene rings is 3. The maximum Gasteiger partial charge on any atom is 0.308 e.